The molecule has 2 aromatic rings. The lowest BCUT2D eigenvalue weighted by atomic mass is 9.96. The molecule has 1 fully saturated rings. The zero-order chi connectivity index (χ0) is 16.7. The summed E-state index contributed by atoms with van der Waals surface area (Å²) in [6.45, 7) is 2.92. The number of nitrogens with zero attached hydrogens (tertiary/aromatic N) is 4. The van der Waals surface area contributed by atoms with E-state index in [0.29, 0.717) is 19.7 Å². The van der Waals surface area contributed by atoms with Crippen LogP contribution in [0.4, 0.5) is 0 Å². The number of amides is 1. The number of ether oxygens (including phenoxy) is 1. The monoisotopic (exact) mass is 328 g/mol. The summed E-state index contributed by atoms with van der Waals surface area (Å²) < 4.78 is 9.47. The van der Waals surface area contributed by atoms with Gasteiger partial charge < -0.3 is 14.2 Å². The van der Waals surface area contributed by atoms with E-state index in [1.807, 2.05) is 41.0 Å². The number of hydrogen-bond acceptors (Lipinski definition) is 3. The topological polar surface area (TPSA) is 52.3 Å². The van der Waals surface area contributed by atoms with Crippen LogP contribution < -0.4 is 0 Å². The second kappa shape index (κ2) is 6.09. The van der Waals surface area contributed by atoms with Crippen molar-refractivity contribution in [1.82, 2.24) is 19.2 Å². The van der Waals surface area contributed by atoms with Crippen LogP contribution in [0.3, 0.4) is 0 Å². The van der Waals surface area contributed by atoms with Crippen LogP contribution in [-0.4, -0.2) is 45.4 Å². The molecule has 24 heavy (non-hydrogen) atoms. The van der Waals surface area contributed by atoms with Crippen LogP contribution >= 0.6 is 0 Å². The first-order valence-electron chi connectivity index (χ1n) is 8.61. The highest BCUT2D eigenvalue weighted by Crippen LogP contribution is 2.34. The fraction of sp³-hybridized carbons (Fsp3) is 0.556. The quantitative estimate of drug-likeness (QED) is 0.844. The van der Waals surface area contributed by atoms with Gasteiger partial charge in [-0.05, 0) is 30.9 Å². The van der Waals surface area contributed by atoms with Crippen molar-refractivity contribution in [3.8, 4) is 0 Å². The number of aryl methyl sites for hydroxylation is 1. The molecule has 1 aliphatic carbocycles. The van der Waals surface area contributed by atoms with Gasteiger partial charge in [0.25, 0.3) is 5.91 Å². The lowest BCUT2D eigenvalue weighted by Gasteiger charge is -2.33. The van der Waals surface area contributed by atoms with Gasteiger partial charge in [-0.15, -0.1) is 0 Å². The summed E-state index contributed by atoms with van der Waals surface area (Å²) in [5.74, 6) is 1.04. The second-order valence-corrected chi connectivity index (χ2v) is 7.02. The summed E-state index contributed by atoms with van der Waals surface area (Å²) >= 11 is 0. The van der Waals surface area contributed by atoms with E-state index in [1.165, 1.54) is 18.5 Å². The van der Waals surface area contributed by atoms with E-state index in [9.17, 15) is 4.79 Å². The van der Waals surface area contributed by atoms with Crippen molar-refractivity contribution in [2.75, 3.05) is 20.3 Å². The zero-order valence-corrected chi connectivity index (χ0v) is 14.3. The average molecular weight is 328 g/mol. The molecule has 0 radical (unpaired) electrons. The van der Waals surface area contributed by atoms with Gasteiger partial charge in [-0.1, -0.05) is 0 Å². The summed E-state index contributed by atoms with van der Waals surface area (Å²) in [4.78, 5) is 14.8. The predicted octanol–water partition coefficient (Wildman–Crippen LogP) is 2.02. The van der Waals surface area contributed by atoms with Gasteiger partial charge >= 0.3 is 0 Å². The first kappa shape index (κ1) is 15.4. The van der Waals surface area contributed by atoms with Gasteiger partial charge in [-0.3, -0.25) is 9.48 Å². The minimum atomic E-state index is 0.0733. The third-order valence-corrected chi connectivity index (χ3v) is 5.09. The van der Waals surface area contributed by atoms with Crippen LogP contribution in [0, 0.1) is 5.92 Å². The predicted molar refractivity (Wildman–Crippen MR) is 89.7 cm³/mol. The van der Waals surface area contributed by atoms with Crippen molar-refractivity contribution in [3.63, 3.8) is 0 Å². The second-order valence-electron chi connectivity index (χ2n) is 7.02. The maximum atomic E-state index is 12.9. The Kier molecular flexibility index (Phi) is 3.92. The van der Waals surface area contributed by atoms with E-state index >= 15 is 0 Å². The van der Waals surface area contributed by atoms with Gasteiger partial charge in [0.05, 0.1) is 18.5 Å². The largest absolute Gasteiger partial charge is 0.384 e. The fourth-order valence-electron chi connectivity index (χ4n) is 3.67. The van der Waals surface area contributed by atoms with Gasteiger partial charge in [-0.25, -0.2) is 0 Å². The smallest absolute Gasteiger partial charge is 0.270 e. The molecule has 6 heteroatoms. The molecule has 0 N–H and O–H groups in total. The van der Waals surface area contributed by atoms with E-state index in [2.05, 4.69) is 9.78 Å². The van der Waals surface area contributed by atoms with Crippen LogP contribution in [0.5, 0.6) is 0 Å². The Morgan fingerprint density at radius 2 is 2.25 bits per heavy atom. The number of aromatic nitrogens is 3. The maximum Gasteiger partial charge on any atom is 0.270 e. The van der Waals surface area contributed by atoms with Gasteiger partial charge in [0.1, 0.15) is 5.69 Å². The van der Waals surface area contributed by atoms with Crippen molar-refractivity contribution < 1.29 is 9.53 Å². The zero-order valence-electron chi connectivity index (χ0n) is 14.3. The van der Waals surface area contributed by atoms with E-state index in [-0.39, 0.29) is 11.8 Å². The van der Waals surface area contributed by atoms with Crippen molar-refractivity contribution in [3.05, 3.63) is 41.5 Å². The highest BCUT2D eigenvalue weighted by molar-refractivity contribution is 5.93. The van der Waals surface area contributed by atoms with E-state index < -0.39 is 0 Å². The number of carbonyl (C=O) groups is 1. The maximum absolute atomic E-state index is 12.9. The lowest BCUT2D eigenvalue weighted by molar-refractivity contribution is 0.0665. The standard InChI is InChI=1S/C18H24N4O2/c1-20-7-3-4-16(20)18(23)21-10-14-8-19-22(9-13-5-6-13)17(14)15(11-21)12-24-2/h3-4,7-8,13,15H,5-6,9-12H2,1-2H3. The summed E-state index contributed by atoms with van der Waals surface area (Å²) in [5, 5.41) is 4.60. The Hall–Kier alpha value is -2.08. The number of rotatable bonds is 5. The molecule has 1 aliphatic heterocycles. The van der Waals surface area contributed by atoms with Crippen LogP contribution in [0.2, 0.25) is 0 Å². The molecule has 1 saturated carbocycles. The third-order valence-electron chi connectivity index (χ3n) is 5.09. The minimum absolute atomic E-state index is 0.0733. The Labute approximate surface area is 142 Å². The lowest BCUT2D eigenvalue weighted by Crippen LogP contribution is -2.40. The molecular formula is C18H24N4O2. The summed E-state index contributed by atoms with van der Waals surface area (Å²) in [7, 11) is 3.63. The van der Waals surface area contributed by atoms with Crippen LogP contribution in [-0.2, 0) is 24.9 Å². The molecule has 4 rings (SSSR count). The Morgan fingerprint density at radius 1 is 1.42 bits per heavy atom. The molecular weight excluding hydrogens is 304 g/mol. The average Bonchev–Trinajstić information content (AvgIpc) is 3.14. The van der Waals surface area contributed by atoms with Crippen LogP contribution in [0.1, 0.15) is 40.5 Å². The van der Waals surface area contributed by atoms with E-state index in [1.54, 1.807) is 7.11 Å². The molecule has 1 atom stereocenters. The first-order chi connectivity index (χ1) is 11.7. The SMILES string of the molecule is COCC1CN(C(=O)c2cccn2C)Cc2cnn(CC3CC3)c21. The Morgan fingerprint density at radius 3 is 2.92 bits per heavy atom. The molecule has 0 saturated heterocycles. The van der Waals surface area contributed by atoms with Crippen LogP contribution in [0.25, 0.3) is 0 Å². The molecule has 0 aromatic carbocycles. The molecule has 3 heterocycles. The first-order valence-corrected chi connectivity index (χ1v) is 8.61. The molecule has 0 bridgehead atoms. The summed E-state index contributed by atoms with van der Waals surface area (Å²) in [5.41, 5.74) is 3.14. The number of hydrogen-bond donors (Lipinski definition) is 0. The number of fused-ring (bicyclic) bond motifs is 1. The van der Waals surface area contributed by atoms with Gasteiger partial charge in [0.2, 0.25) is 0 Å². The molecule has 1 unspecified atom stereocenters. The Balaban J connectivity index is 1.61. The molecule has 0 spiro atoms. The number of carbonyl (C=O) groups excluding carboxylic acids is 1. The molecule has 2 aliphatic rings. The highest BCUT2D eigenvalue weighted by Gasteiger charge is 2.34. The van der Waals surface area contributed by atoms with E-state index in [4.69, 9.17) is 4.74 Å². The Bertz CT molecular complexity index is 744. The normalized spacial score (nSPS) is 20.2. The summed E-state index contributed by atoms with van der Waals surface area (Å²) in [6.07, 6.45) is 6.46. The molecule has 2 aromatic heterocycles. The minimum Gasteiger partial charge on any atom is -0.384 e. The molecule has 1 amide bonds. The van der Waals surface area contributed by atoms with Gasteiger partial charge in [0, 0.05) is 51.5 Å². The van der Waals surface area contributed by atoms with Crippen LogP contribution in [0.15, 0.2) is 24.5 Å². The molecule has 128 valence electrons. The van der Waals surface area contributed by atoms with Crippen molar-refractivity contribution in [2.24, 2.45) is 13.0 Å². The highest BCUT2D eigenvalue weighted by atomic mass is 16.5. The third kappa shape index (κ3) is 2.75. The molecule has 6 nitrogen and oxygen atoms in total. The number of methoxy groups -OCH3 is 1. The van der Waals surface area contributed by atoms with E-state index in [0.717, 1.165) is 23.7 Å². The fourth-order valence-corrected chi connectivity index (χ4v) is 3.67. The van der Waals surface area contributed by atoms with Gasteiger partial charge in [0.15, 0.2) is 0 Å². The van der Waals surface area contributed by atoms with Crippen molar-refractivity contribution in [1.29, 1.82) is 0 Å². The van der Waals surface area contributed by atoms with Gasteiger partial charge in [-0.2, -0.15) is 5.10 Å². The van der Waals surface area contributed by atoms with Crippen molar-refractivity contribution >= 4 is 5.91 Å². The van der Waals surface area contributed by atoms with Crippen molar-refractivity contribution in [2.45, 2.75) is 31.8 Å². The summed E-state index contributed by atoms with van der Waals surface area (Å²) in [6, 6.07) is 3.78.